The van der Waals surface area contributed by atoms with E-state index in [0.717, 1.165) is 27.8 Å². The SMILES string of the molecule is Cc1nc(-c2c(Cl)c3ccccc3n2-c2ccc(CNC(=O)C3(NC(=O)c4cc(C)n(C)n4)CC3)cc2)no1. The standard InChI is InChI=1S/C28H26ClN7O3/c1-16-14-21(33-35(16)3)26(37)32-28(12-13-28)27(38)30-15-18-8-10-19(11-9-18)36-22-7-5-4-6-20(22)23(29)24(36)25-31-17(2)39-34-25/h4-11,14H,12-13,15H2,1-3H3,(H,30,38)(H,32,37). The number of rotatable bonds is 7. The Morgan fingerprint density at radius 3 is 2.49 bits per heavy atom. The van der Waals surface area contributed by atoms with E-state index in [0.29, 0.717) is 47.5 Å². The summed E-state index contributed by atoms with van der Waals surface area (Å²) in [4.78, 5) is 30.0. The van der Waals surface area contributed by atoms with Gasteiger partial charge in [-0.25, -0.2) is 0 Å². The molecule has 198 valence electrons. The third-order valence-electron chi connectivity index (χ3n) is 7.08. The monoisotopic (exact) mass is 543 g/mol. The number of hydrogen-bond donors (Lipinski definition) is 2. The Morgan fingerprint density at radius 2 is 1.85 bits per heavy atom. The van der Waals surface area contributed by atoms with Gasteiger partial charge in [-0.1, -0.05) is 47.1 Å². The Balaban J connectivity index is 1.19. The summed E-state index contributed by atoms with van der Waals surface area (Å²) in [6, 6.07) is 17.3. The molecular formula is C28H26ClN7O3. The van der Waals surface area contributed by atoms with Crippen LogP contribution in [0.5, 0.6) is 0 Å². The second-order valence-electron chi connectivity index (χ2n) is 9.83. The smallest absolute Gasteiger partial charge is 0.272 e. The van der Waals surface area contributed by atoms with Gasteiger partial charge in [0.05, 0.1) is 10.5 Å². The zero-order valence-electron chi connectivity index (χ0n) is 21.7. The van der Waals surface area contributed by atoms with Crippen molar-refractivity contribution in [3.05, 3.63) is 82.5 Å². The molecule has 3 heterocycles. The highest BCUT2D eigenvalue weighted by molar-refractivity contribution is 6.38. The highest BCUT2D eigenvalue weighted by atomic mass is 35.5. The number of hydrogen-bond acceptors (Lipinski definition) is 6. The van der Waals surface area contributed by atoms with Crippen LogP contribution in [0.2, 0.25) is 5.02 Å². The van der Waals surface area contributed by atoms with Crippen LogP contribution in [0, 0.1) is 13.8 Å². The maximum atomic E-state index is 13.0. The molecule has 0 bridgehead atoms. The first kappa shape index (κ1) is 24.9. The number of halogens is 1. The average Bonchev–Trinajstić information content (AvgIpc) is 3.31. The molecule has 1 aliphatic carbocycles. The van der Waals surface area contributed by atoms with Crippen LogP contribution in [0.25, 0.3) is 28.1 Å². The fourth-order valence-corrected chi connectivity index (χ4v) is 4.99. The van der Waals surface area contributed by atoms with Gasteiger partial charge >= 0.3 is 0 Å². The van der Waals surface area contributed by atoms with E-state index in [1.165, 1.54) is 0 Å². The van der Waals surface area contributed by atoms with Crippen molar-refractivity contribution in [2.75, 3.05) is 0 Å². The number of benzene rings is 2. The van der Waals surface area contributed by atoms with Crippen molar-refractivity contribution in [1.29, 1.82) is 0 Å². The number of aryl methyl sites for hydroxylation is 3. The van der Waals surface area contributed by atoms with Crippen LogP contribution in [0.4, 0.5) is 0 Å². The summed E-state index contributed by atoms with van der Waals surface area (Å²) >= 11 is 6.78. The second kappa shape index (κ2) is 9.39. The molecule has 0 radical (unpaired) electrons. The maximum Gasteiger partial charge on any atom is 0.272 e. The summed E-state index contributed by atoms with van der Waals surface area (Å²) in [5.41, 5.74) is 3.61. The molecule has 11 heteroatoms. The second-order valence-corrected chi connectivity index (χ2v) is 10.2. The lowest BCUT2D eigenvalue weighted by molar-refractivity contribution is -0.124. The fourth-order valence-electron chi connectivity index (χ4n) is 4.66. The van der Waals surface area contributed by atoms with Crippen molar-refractivity contribution in [2.24, 2.45) is 7.05 Å². The molecule has 2 N–H and O–H groups in total. The highest BCUT2D eigenvalue weighted by Gasteiger charge is 2.51. The number of amides is 2. The minimum atomic E-state index is -0.888. The van der Waals surface area contributed by atoms with E-state index < -0.39 is 5.54 Å². The van der Waals surface area contributed by atoms with Crippen molar-refractivity contribution >= 4 is 34.3 Å². The van der Waals surface area contributed by atoms with Crippen molar-refractivity contribution < 1.29 is 14.1 Å². The van der Waals surface area contributed by atoms with Crippen LogP contribution in [-0.4, -0.2) is 41.8 Å². The van der Waals surface area contributed by atoms with E-state index in [4.69, 9.17) is 16.1 Å². The van der Waals surface area contributed by atoms with Gasteiger partial charge in [0.1, 0.15) is 16.9 Å². The maximum absolute atomic E-state index is 13.0. The molecule has 1 aliphatic rings. The Labute approximate surface area is 229 Å². The largest absolute Gasteiger partial charge is 0.350 e. The number of fused-ring (bicyclic) bond motifs is 1. The van der Waals surface area contributed by atoms with Crippen LogP contribution in [0.3, 0.4) is 0 Å². The summed E-state index contributed by atoms with van der Waals surface area (Å²) in [6.45, 7) is 3.93. The highest BCUT2D eigenvalue weighted by Crippen LogP contribution is 2.39. The Morgan fingerprint density at radius 1 is 1.10 bits per heavy atom. The third kappa shape index (κ3) is 4.46. The van der Waals surface area contributed by atoms with Gasteiger partial charge in [-0.3, -0.25) is 14.3 Å². The van der Waals surface area contributed by atoms with Gasteiger partial charge in [-0.05, 0) is 49.6 Å². The molecule has 0 atom stereocenters. The minimum Gasteiger partial charge on any atom is -0.350 e. The van der Waals surface area contributed by atoms with Gasteiger partial charge in [0, 0.05) is 37.3 Å². The predicted molar refractivity (Wildman–Crippen MR) is 146 cm³/mol. The molecule has 0 spiro atoms. The number of carbonyl (C=O) groups excluding carboxylic acids is 2. The number of nitrogens with zero attached hydrogens (tertiary/aromatic N) is 5. The predicted octanol–water partition coefficient (Wildman–Crippen LogP) is 4.26. The first-order valence-corrected chi connectivity index (χ1v) is 12.9. The topological polar surface area (TPSA) is 120 Å². The molecular weight excluding hydrogens is 518 g/mol. The van der Waals surface area contributed by atoms with Crippen LogP contribution in [0.1, 0.15) is 40.5 Å². The first-order valence-electron chi connectivity index (χ1n) is 12.6. The van der Waals surface area contributed by atoms with Crippen molar-refractivity contribution in [3.8, 4) is 17.2 Å². The third-order valence-corrected chi connectivity index (χ3v) is 7.47. The minimum absolute atomic E-state index is 0.203. The number of para-hydroxylation sites is 1. The normalized spacial score (nSPS) is 13.9. The molecule has 6 rings (SSSR count). The van der Waals surface area contributed by atoms with Crippen molar-refractivity contribution in [1.82, 2.24) is 35.1 Å². The fraction of sp³-hybridized carbons (Fsp3) is 0.250. The van der Waals surface area contributed by atoms with Crippen LogP contribution >= 0.6 is 11.6 Å². The van der Waals surface area contributed by atoms with E-state index in [1.807, 2.05) is 60.0 Å². The molecule has 5 aromatic rings. The molecule has 10 nitrogen and oxygen atoms in total. The van der Waals surface area contributed by atoms with E-state index >= 15 is 0 Å². The lowest BCUT2D eigenvalue weighted by Gasteiger charge is -2.17. The van der Waals surface area contributed by atoms with Crippen LogP contribution < -0.4 is 10.6 Å². The Bertz CT molecular complexity index is 1710. The molecule has 0 saturated heterocycles. The first-order chi connectivity index (χ1) is 18.8. The molecule has 1 fully saturated rings. The van der Waals surface area contributed by atoms with Gasteiger partial charge in [0.2, 0.25) is 17.6 Å². The van der Waals surface area contributed by atoms with Gasteiger partial charge in [0.25, 0.3) is 5.91 Å². The molecule has 2 aromatic carbocycles. The summed E-state index contributed by atoms with van der Waals surface area (Å²) in [7, 11) is 1.78. The van der Waals surface area contributed by atoms with Crippen LogP contribution in [0.15, 0.2) is 59.1 Å². The van der Waals surface area contributed by atoms with Gasteiger partial charge < -0.3 is 19.7 Å². The Hall–Kier alpha value is -4.44. The molecule has 39 heavy (non-hydrogen) atoms. The van der Waals surface area contributed by atoms with Crippen molar-refractivity contribution in [3.63, 3.8) is 0 Å². The van der Waals surface area contributed by atoms with Crippen molar-refractivity contribution in [2.45, 2.75) is 38.8 Å². The summed E-state index contributed by atoms with van der Waals surface area (Å²) in [5.74, 6) is 0.304. The number of aromatic nitrogens is 5. The molecule has 0 unspecified atom stereocenters. The summed E-state index contributed by atoms with van der Waals surface area (Å²) in [6.07, 6.45) is 1.18. The zero-order valence-corrected chi connectivity index (χ0v) is 22.4. The summed E-state index contributed by atoms with van der Waals surface area (Å²) < 4.78 is 8.85. The van der Waals surface area contributed by atoms with Gasteiger partial charge in [-0.2, -0.15) is 10.1 Å². The quantitative estimate of drug-likeness (QED) is 0.316. The van der Waals surface area contributed by atoms with E-state index in [-0.39, 0.29) is 11.8 Å². The molecule has 3 aromatic heterocycles. The van der Waals surface area contributed by atoms with Crippen LogP contribution in [-0.2, 0) is 18.4 Å². The number of carbonyl (C=O) groups is 2. The van der Waals surface area contributed by atoms with E-state index in [2.05, 4.69) is 25.9 Å². The van der Waals surface area contributed by atoms with E-state index in [1.54, 1.807) is 24.7 Å². The summed E-state index contributed by atoms with van der Waals surface area (Å²) in [5, 5.41) is 15.6. The van der Waals surface area contributed by atoms with Gasteiger partial charge in [-0.15, -0.1) is 0 Å². The van der Waals surface area contributed by atoms with E-state index in [9.17, 15) is 9.59 Å². The molecule has 0 aliphatic heterocycles. The average molecular weight is 544 g/mol. The zero-order chi connectivity index (χ0) is 27.3. The van der Waals surface area contributed by atoms with Gasteiger partial charge in [0.15, 0.2) is 0 Å². The Kier molecular flexibility index (Phi) is 5.99. The number of nitrogens with one attached hydrogen (secondary N) is 2. The molecule has 2 amide bonds. The lowest BCUT2D eigenvalue weighted by atomic mass is 10.1. The lowest BCUT2D eigenvalue weighted by Crippen LogP contribution is -2.48. The molecule has 1 saturated carbocycles.